The van der Waals surface area contributed by atoms with Crippen LogP contribution in [0.1, 0.15) is 17.3 Å². The molecule has 3 N–H and O–H groups in total. The van der Waals surface area contributed by atoms with E-state index in [-0.39, 0.29) is 18.2 Å². The summed E-state index contributed by atoms with van der Waals surface area (Å²) in [4.78, 5) is 33.8. The first-order valence-electron chi connectivity index (χ1n) is 9.76. The Labute approximate surface area is 183 Å². The van der Waals surface area contributed by atoms with Crippen LogP contribution in [0.15, 0.2) is 66.0 Å². The Bertz CT molecular complexity index is 1010. The summed E-state index contributed by atoms with van der Waals surface area (Å²) in [6.07, 6.45) is 9.89. The van der Waals surface area contributed by atoms with E-state index >= 15 is 0 Å². The van der Waals surface area contributed by atoms with Crippen LogP contribution in [0.2, 0.25) is 0 Å². The number of aromatic nitrogens is 2. The molecule has 0 aliphatic heterocycles. The molecule has 2 aromatic carbocycles. The van der Waals surface area contributed by atoms with Crippen molar-refractivity contribution in [2.45, 2.75) is 17.4 Å². The Morgan fingerprint density at radius 1 is 1.06 bits per heavy atom. The SMILES string of the molecule is COc1ccc(C(NC(=O)Cc2c[nH]cn2)C(=O)Nc2ccc(S(C)(C)C)cc2)cc1. The third-order valence-electron chi connectivity index (χ3n) is 4.74. The van der Waals surface area contributed by atoms with Gasteiger partial charge in [-0.1, -0.05) is 12.1 Å². The van der Waals surface area contributed by atoms with Crippen molar-refractivity contribution in [1.29, 1.82) is 0 Å². The van der Waals surface area contributed by atoms with E-state index in [4.69, 9.17) is 4.74 Å². The number of hydrogen-bond acceptors (Lipinski definition) is 4. The van der Waals surface area contributed by atoms with Gasteiger partial charge in [0.05, 0.1) is 25.6 Å². The van der Waals surface area contributed by atoms with E-state index in [1.165, 1.54) is 11.2 Å². The molecule has 0 saturated carbocycles. The smallest absolute Gasteiger partial charge is 0.251 e. The summed E-state index contributed by atoms with van der Waals surface area (Å²) in [5.74, 6) is 0.0529. The molecular weight excluding hydrogens is 412 g/mol. The molecule has 3 rings (SSSR count). The van der Waals surface area contributed by atoms with Crippen LogP contribution in [-0.2, 0) is 16.0 Å². The molecule has 2 amide bonds. The van der Waals surface area contributed by atoms with Crippen LogP contribution >= 0.6 is 10.0 Å². The first-order chi connectivity index (χ1) is 14.8. The van der Waals surface area contributed by atoms with Crippen molar-refractivity contribution in [2.75, 3.05) is 31.2 Å². The van der Waals surface area contributed by atoms with Gasteiger partial charge in [0.1, 0.15) is 11.8 Å². The summed E-state index contributed by atoms with van der Waals surface area (Å²) in [5.41, 5.74) is 1.94. The molecule has 3 aromatic rings. The second-order valence-electron chi connectivity index (χ2n) is 7.86. The summed E-state index contributed by atoms with van der Waals surface area (Å²) in [7, 11) is 0.732. The van der Waals surface area contributed by atoms with Gasteiger partial charge in [-0.3, -0.25) is 9.59 Å². The average Bonchev–Trinajstić information content (AvgIpc) is 3.25. The molecule has 7 nitrogen and oxygen atoms in total. The Morgan fingerprint density at radius 3 is 2.29 bits per heavy atom. The molecule has 0 saturated heterocycles. The first-order valence-corrected chi connectivity index (χ1v) is 12.6. The lowest BCUT2D eigenvalue weighted by atomic mass is 10.1. The predicted molar refractivity (Wildman–Crippen MR) is 125 cm³/mol. The van der Waals surface area contributed by atoms with Crippen molar-refractivity contribution in [1.82, 2.24) is 15.3 Å². The van der Waals surface area contributed by atoms with Crippen molar-refractivity contribution in [3.05, 3.63) is 72.3 Å². The van der Waals surface area contributed by atoms with Crippen LogP contribution in [0.5, 0.6) is 5.75 Å². The first kappa shape index (κ1) is 22.4. The summed E-state index contributed by atoms with van der Waals surface area (Å²) in [6.45, 7) is 0. The number of benzene rings is 2. The molecule has 31 heavy (non-hydrogen) atoms. The highest BCUT2D eigenvalue weighted by atomic mass is 32.3. The van der Waals surface area contributed by atoms with Gasteiger partial charge < -0.3 is 20.4 Å². The summed E-state index contributed by atoms with van der Waals surface area (Å²) < 4.78 is 5.20. The van der Waals surface area contributed by atoms with Crippen molar-refractivity contribution in [2.24, 2.45) is 0 Å². The Hall–Kier alpha value is -3.26. The van der Waals surface area contributed by atoms with E-state index in [9.17, 15) is 9.59 Å². The number of nitrogens with zero attached hydrogens (tertiary/aromatic N) is 1. The number of methoxy groups -OCH3 is 1. The molecule has 164 valence electrons. The standard InChI is InChI=1S/C23H28N4O3S/c1-30-19-9-5-16(6-10-19)22(27-21(28)13-18-14-24-15-25-18)23(29)26-17-7-11-20(12-8-17)31(2,3)4/h5-12,14-15,22H,13H2,1-4H3,(H,24,25)(H,26,29)(H,27,28). The number of carbonyl (C=O) groups excluding carboxylic acids is 2. The largest absolute Gasteiger partial charge is 0.497 e. The molecular formula is C23H28N4O3S. The van der Waals surface area contributed by atoms with Gasteiger partial charge in [0.25, 0.3) is 5.91 Å². The van der Waals surface area contributed by atoms with E-state index in [2.05, 4.69) is 39.4 Å². The topological polar surface area (TPSA) is 96.1 Å². The van der Waals surface area contributed by atoms with Crippen molar-refractivity contribution >= 4 is 27.5 Å². The molecule has 1 heterocycles. The van der Waals surface area contributed by atoms with Gasteiger partial charge in [-0.05, 0) is 65.6 Å². The zero-order chi connectivity index (χ0) is 22.4. The Kier molecular flexibility index (Phi) is 7.02. The molecule has 0 aliphatic rings. The molecule has 0 aliphatic carbocycles. The number of H-pyrrole nitrogens is 1. The fourth-order valence-electron chi connectivity index (χ4n) is 3.02. The number of aromatic amines is 1. The minimum absolute atomic E-state index is 0.0759. The molecule has 0 fully saturated rings. The summed E-state index contributed by atoms with van der Waals surface area (Å²) in [6, 6.07) is 14.0. The van der Waals surface area contributed by atoms with Crippen molar-refractivity contribution in [3.63, 3.8) is 0 Å². The molecule has 0 bridgehead atoms. The van der Waals surface area contributed by atoms with Gasteiger partial charge in [0.15, 0.2) is 0 Å². The zero-order valence-electron chi connectivity index (χ0n) is 18.1. The molecule has 0 spiro atoms. The summed E-state index contributed by atoms with van der Waals surface area (Å²) >= 11 is 0. The highest BCUT2D eigenvalue weighted by Gasteiger charge is 2.23. The Balaban J connectivity index is 1.78. The van der Waals surface area contributed by atoms with E-state index in [0.29, 0.717) is 22.7 Å². The van der Waals surface area contributed by atoms with Gasteiger partial charge >= 0.3 is 0 Å². The zero-order valence-corrected chi connectivity index (χ0v) is 19.0. The normalized spacial score (nSPS) is 12.6. The van der Waals surface area contributed by atoms with E-state index in [1.54, 1.807) is 37.6 Å². The lowest BCUT2D eigenvalue weighted by Gasteiger charge is -2.26. The lowest BCUT2D eigenvalue weighted by Crippen LogP contribution is -2.37. The maximum atomic E-state index is 13.1. The number of hydrogen-bond donors (Lipinski definition) is 3. The lowest BCUT2D eigenvalue weighted by molar-refractivity contribution is -0.126. The molecule has 1 unspecified atom stereocenters. The number of nitrogens with one attached hydrogen (secondary N) is 3. The van der Waals surface area contributed by atoms with Crippen LogP contribution in [0, 0.1) is 0 Å². The number of amides is 2. The minimum atomic E-state index is -0.856. The van der Waals surface area contributed by atoms with Gasteiger partial charge in [0.2, 0.25) is 5.91 Å². The number of ether oxygens (including phenoxy) is 1. The van der Waals surface area contributed by atoms with Gasteiger partial charge in [-0.25, -0.2) is 15.0 Å². The van der Waals surface area contributed by atoms with Crippen molar-refractivity contribution in [3.8, 4) is 5.75 Å². The molecule has 1 aromatic heterocycles. The van der Waals surface area contributed by atoms with Gasteiger partial charge in [-0.15, -0.1) is 0 Å². The number of anilines is 1. The van der Waals surface area contributed by atoms with Crippen LogP contribution in [0.25, 0.3) is 0 Å². The van der Waals surface area contributed by atoms with Gasteiger partial charge in [0, 0.05) is 11.9 Å². The molecule has 1 atom stereocenters. The number of rotatable bonds is 8. The maximum Gasteiger partial charge on any atom is 0.251 e. The third-order valence-corrected chi connectivity index (χ3v) is 6.43. The van der Waals surface area contributed by atoms with E-state index in [1.807, 2.05) is 24.3 Å². The minimum Gasteiger partial charge on any atom is -0.497 e. The molecule has 0 radical (unpaired) electrons. The van der Waals surface area contributed by atoms with Crippen LogP contribution in [0.3, 0.4) is 0 Å². The quantitative estimate of drug-likeness (QED) is 0.499. The highest BCUT2D eigenvalue weighted by molar-refractivity contribution is 8.32. The maximum absolute atomic E-state index is 13.1. The van der Waals surface area contributed by atoms with Crippen molar-refractivity contribution < 1.29 is 14.3 Å². The highest BCUT2D eigenvalue weighted by Crippen LogP contribution is 2.45. The van der Waals surface area contributed by atoms with Crippen LogP contribution in [0.4, 0.5) is 5.69 Å². The van der Waals surface area contributed by atoms with Crippen LogP contribution in [-0.4, -0.2) is 47.7 Å². The van der Waals surface area contributed by atoms with E-state index in [0.717, 1.165) is 0 Å². The second kappa shape index (κ2) is 9.70. The molecule has 8 heteroatoms. The number of carbonyl (C=O) groups is 2. The second-order valence-corrected chi connectivity index (χ2v) is 12.0. The fourth-order valence-corrected chi connectivity index (χ4v) is 3.97. The van der Waals surface area contributed by atoms with Gasteiger partial charge in [-0.2, -0.15) is 0 Å². The summed E-state index contributed by atoms with van der Waals surface area (Å²) in [5, 5.41) is 5.74. The number of imidazole rings is 1. The monoisotopic (exact) mass is 440 g/mol. The fraction of sp³-hybridized carbons (Fsp3) is 0.261. The average molecular weight is 441 g/mol. The predicted octanol–water partition coefficient (Wildman–Crippen LogP) is 3.51. The third kappa shape index (κ3) is 6.11. The van der Waals surface area contributed by atoms with E-state index < -0.39 is 16.1 Å². The Morgan fingerprint density at radius 2 is 1.74 bits per heavy atom. The van der Waals surface area contributed by atoms with Crippen LogP contribution < -0.4 is 15.4 Å².